The lowest BCUT2D eigenvalue weighted by Crippen LogP contribution is -2.25. The molecule has 210 valence electrons. The number of rotatable bonds is 15. The van der Waals surface area contributed by atoms with E-state index in [2.05, 4.69) is 20.8 Å². The average Bonchev–Trinajstić information content (AvgIpc) is 3.63. The third kappa shape index (κ3) is 9.40. The molecule has 1 aliphatic rings. The number of carbonyl (C=O) groups excluding carboxylic acids is 1. The number of esters is 1. The van der Waals surface area contributed by atoms with E-state index in [9.17, 15) is 19.3 Å². The minimum atomic E-state index is -4.26. The highest BCUT2D eigenvalue weighted by molar-refractivity contribution is 7.48. The van der Waals surface area contributed by atoms with Gasteiger partial charge in [-0.3, -0.25) is 14.1 Å². The number of aliphatic carboxylic acids is 1. The Balaban J connectivity index is 2.13. The quantitative estimate of drug-likeness (QED) is 0.144. The Morgan fingerprint density at radius 1 is 1.00 bits per heavy atom. The first-order valence-corrected chi connectivity index (χ1v) is 14.2. The van der Waals surface area contributed by atoms with E-state index in [1.807, 2.05) is 18.2 Å². The Morgan fingerprint density at radius 3 is 2.14 bits per heavy atom. The van der Waals surface area contributed by atoms with Crippen molar-refractivity contribution in [2.45, 2.75) is 86.5 Å². The molecule has 0 saturated heterocycles. The fourth-order valence-corrected chi connectivity index (χ4v) is 4.45. The fraction of sp³-hybridized carbons (Fsp3) is 0.704. The van der Waals surface area contributed by atoms with Gasteiger partial charge in [0.1, 0.15) is 5.75 Å². The summed E-state index contributed by atoms with van der Waals surface area (Å²) in [6.45, 7) is 13.1. The summed E-state index contributed by atoms with van der Waals surface area (Å²) in [5, 5.41) is 9.34. The van der Waals surface area contributed by atoms with Crippen LogP contribution >= 0.6 is 7.82 Å². The highest BCUT2D eigenvalue weighted by atomic mass is 31.2. The zero-order valence-corrected chi connectivity index (χ0v) is 24.3. The second-order valence-electron chi connectivity index (χ2n) is 11.6. The van der Waals surface area contributed by atoms with Crippen LogP contribution < -0.4 is 4.74 Å². The van der Waals surface area contributed by atoms with E-state index < -0.39 is 44.2 Å². The van der Waals surface area contributed by atoms with Crippen LogP contribution in [0.5, 0.6) is 5.75 Å². The summed E-state index contributed by atoms with van der Waals surface area (Å²) in [5.74, 6) is 0.233. The van der Waals surface area contributed by atoms with Gasteiger partial charge >= 0.3 is 19.8 Å². The van der Waals surface area contributed by atoms with E-state index in [0.717, 1.165) is 11.1 Å². The zero-order valence-electron chi connectivity index (χ0n) is 23.4. The van der Waals surface area contributed by atoms with Gasteiger partial charge in [-0.15, -0.1) is 0 Å². The topological polar surface area (TPSA) is 118 Å². The number of carbonyl (C=O) groups is 2. The summed E-state index contributed by atoms with van der Waals surface area (Å²) in [7, 11) is -4.26. The molecule has 0 heterocycles. The molecule has 0 spiro atoms. The van der Waals surface area contributed by atoms with Crippen LogP contribution in [0, 0.1) is 16.7 Å². The van der Waals surface area contributed by atoms with E-state index in [1.54, 1.807) is 20.8 Å². The summed E-state index contributed by atoms with van der Waals surface area (Å²) in [6, 6.07) is 6.05. The first-order valence-electron chi connectivity index (χ1n) is 12.8. The van der Waals surface area contributed by atoms with Crippen LogP contribution in [-0.2, 0) is 32.5 Å². The van der Waals surface area contributed by atoms with Crippen molar-refractivity contribution in [3.63, 3.8) is 0 Å². The number of para-hydroxylation sites is 1. The van der Waals surface area contributed by atoms with Gasteiger partial charge in [-0.25, -0.2) is 13.6 Å². The van der Waals surface area contributed by atoms with Gasteiger partial charge in [0.25, 0.3) is 0 Å². The van der Waals surface area contributed by atoms with Gasteiger partial charge in [-0.05, 0) is 82.8 Å². The summed E-state index contributed by atoms with van der Waals surface area (Å²) < 4.78 is 40.6. The number of carboxylic acid groups (broad SMARTS) is 1. The third-order valence-corrected chi connectivity index (χ3v) is 7.84. The summed E-state index contributed by atoms with van der Waals surface area (Å²) >= 11 is 0. The van der Waals surface area contributed by atoms with Gasteiger partial charge in [0.15, 0.2) is 6.79 Å². The van der Waals surface area contributed by atoms with Crippen LogP contribution in [0.3, 0.4) is 0 Å². The Hall–Kier alpha value is -1.93. The van der Waals surface area contributed by atoms with E-state index in [-0.39, 0.29) is 18.9 Å². The minimum absolute atomic E-state index is 0.0565. The maximum absolute atomic E-state index is 13.4. The molecule has 0 radical (unpaired) electrons. The molecule has 0 bridgehead atoms. The van der Waals surface area contributed by atoms with Crippen molar-refractivity contribution in [2.75, 3.05) is 20.2 Å². The lowest BCUT2D eigenvalue weighted by Gasteiger charge is -2.24. The summed E-state index contributed by atoms with van der Waals surface area (Å²) in [4.78, 5) is 23.5. The van der Waals surface area contributed by atoms with Gasteiger partial charge in [0, 0.05) is 0 Å². The van der Waals surface area contributed by atoms with Crippen molar-refractivity contribution >= 4 is 19.8 Å². The molecule has 1 aliphatic carbocycles. The number of hydrogen-bond donors (Lipinski definition) is 1. The monoisotopic (exact) mass is 542 g/mol. The van der Waals surface area contributed by atoms with Crippen molar-refractivity contribution in [1.29, 1.82) is 0 Å². The standard InChI is InChI=1S/C27H43O9P/c1-18(2)21-10-9-11-22(19(3)20-12-13-20)23(21)32-16-35-37(31,34-15-14-27(7,8)24(28)29)36-17-33-25(30)26(4,5)6/h9-11,18-20H,12-17H2,1-8H3,(H,28,29)/t19-,37?/m1/s1. The van der Waals surface area contributed by atoms with Crippen molar-refractivity contribution in [1.82, 2.24) is 0 Å². The molecule has 1 aromatic rings. The highest BCUT2D eigenvalue weighted by Gasteiger charge is 2.34. The second kappa shape index (κ2) is 12.7. The molecule has 10 heteroatoms. The number of phosphoric ester groups is 1. The van der Waals surface area contributed by atoms with Gasteiger partial charge < -0.3 is 14.6 Å². The predicted octanol–water partition coefficient (Wildman–Crippen LogP) is 6.87. The van der Waals surface area contributed by atoms with Crippen molar-refractivity contribution in [2.24, 2.45) is 16.7 Å². The summed E-state index contributed by atoms with van der Waals surface area (Å²) in [5.41, 5.74) is 0.187. The number of carboxylic acids is 1. The van der Waals surface area contributed by atoms with Crippen LogP contribution in [0.15, 0.2) is 18.2 Å². The molecule has 1 N–H and O–H groups in total. The Bertz CT molecular complexity index is 977. The molecule has 1 fully saturated rings. The number of phosphoric acid groups is 1. The molecule has 1 aromatic carbocycles. The predicted molar refractivity (Wildman–Crippen MR) is 139 cm³/mol. The second-order valence-corrected chi connectivity index (χ2v) is 13.3. The number of ether oxygens (including phenoxy) is 2. The molecule has 0 amide bonds. The number of benzene rings is 1. The normalized spacial score (nSPS) is 16.8. The van der Waals surface area contributed by atoms with Gasteiger partial charge in [-0.2, -0.15) is 0 Å². The maximum atomic E-state index is 13.4. The molecular weight excluding hydrogens is 499 g/mol. The van der Waals surface area contributed by atoms with Crippen LogP contribution in [0.4, 0.5) is 0 Å². The Labute approximate surface area is 220 Å². The van der Waals surface area contributed by atoms with Crippen molar-refractivity contribution in [3.05, 3.63) is 29.3 Å². The molecular formula is C27H43O9P. The Morgan fingerprint density at radius 2 is 1.59 bits per heavy atom. The van der Waals surface area contributed by atoms with E-state index in [1.165, 1.54) is 26.7 Å². The van der Waals surface area contributed by atoms with Gasteiger partial charge in [0.2, 0.25) is 6.79 Å². The molecule has 37 heavy (non-hydrogen) atoms. The molecule has 9 nitrogen and oxygen atoms in total. The van der Waals surface area contributed by atoms with Gasteiger partial charge in [0.05, 0.1) is 17.4 Å². The van der Waals surface area contributed by atoms with Crippen LogP contribution in [0.1, 0.15) is 97.6 Å². The van der Waals surface area contributed by atoms with E-state index in [4.69, 9.17) is 23.0 Å². The van der Waals surface area contributed by atoms with Crippen molar-refractivity contribution in [3.8, 4) is 5.75 Å². The Kier molecular flexibility index (Phi) is 10.8. The van der Waals surface area contributed by atoms with E-state index >= 15 is 0 Å². The van der Waals surface area contributed by atoms with Crippen LogP contribution in [-0.4, -0.2) is 37.2 Å². The minimum Gasteiger partial charge on any atom is -0.481 e. The average molecular weight is 543 g/mol. The molecule has 2 atom stereocenters. The number of hydrogen-bond acceptors (Lipinski definition) is 8. The van der Waals surface area contributed by atoms with Crippen LogP contribution in [0.25, 0.3) is 0 Å². The molecule has 1 saturated carbocycles. The highest BCUT2D eigenvalue weighted by Crippen LogP contribution is 2.51. The van der Waals surface area contributed by atoms with Crippen molar-refractivity contribution < 1.29 is 42.3 Å². The molecule has 1 unspecified atom stereocenters. The summed E-state index contributed by atoms with van der Waals surface area (Å²) in [6.07, 6.45) is 2.42. The smallest absolute Gasteiger partial charge is 0.480 e. The fourth-order valence-electron chi connectivity index (χ4n) is 3.55. The van der Waals surface area contributed by atoms with Crippen LogP contribution in [0.2, 0.25) is 0 Å². The first-order chi connectivity index (χ1) is 17.1. The lowest BCUT2D eigenvalue weighted by atomic mass is 9.90. The largest absolute Gasteiger partial charge is 0.481 e. The SMILES string of the molecule is CC(C)c1cccc([C@H](C)C2CC2)c1OCOP(=O)(OCCC(C)(C)C(=O)O)OCOC(=O)C(C)(C)C. The van der Waals surface area contributed by atoms with E-state index in [0.29, 0.717) is 17.6 Å². The molecule has 0 aromatic heterocycles. The van der Waals surface area contributed by atoms with Gasteiger partial charge in [-0.1, -0.05) is 39.0 Å². The lowest BCUT2D eigenvalue weighted by molar-refractivity contribution is -0.161. The molecule has 0 aliphatic heterocycles. The first kappa shape index (κ1) is 31.3. The zero-order chi connectivity index (χ0) is 28.0. The third-order valence-electron chi connectivity index (χ3n) is 6.50. The molecule has 2 rings (SSSR count). The maximum Gasteiger partial charge on any atom is 0.480 e.